The summed E-state index contributed by atoms with van der Waals surface area (Å²) in [6, 6.07) is 18.0. The highest BCUT2D eigenvalue weighted by atomic mass is 16.5. The third kappa shape index (κ3) is 3.03. The zero-order valence-corrected chi connectivity index (χ0v) is 14.3. The molecule has 1 saturated heterocycles. The van der Waals surface area contributed by atoms with Crippen molar-refractivity contribution in [3.63, 3.8) is 0 Å². The minimum absolute atomic E-state index is 0.0301. The summed E-state index contributed by atoms with van der Waals surface area (Å²) in [6.07, 6.45) is 0. The number of carbonyl (C=O) groups excluding carboxylic acids is 1. The first-order chi connectivity index (χ1) is 12.2. The van der Waals surface area contributed by atoms with Gasteiger partial charge in [0.15, 0.2) is 0 Å². The molecule has 0 radical (unpaired) electrons. The Kier molecular flexibility index (Phi) is 4.24. The number of nitrogens with zero attached hydrogens (tertiary/aromatic N) is 3. The molecule has 1 aliphatic rings. The number of fused-ring (bicyclic) bond motifs is 1. The number of para-hydroxylation sites is 2. The van der Waals surface area contributed by atoms with Gasteiger partial charge in [0.25, 0.3) is 0 Å². The lowest BCUT2D eigenvalue weighted by Crippen LogP contribution is -2.44. The van der Waals surface area contributed by atoms with Crippen LogP contribution in [0.2, 0.25) is 0 Å². The Morgan fingerprint density at radius 1 is 1.16 bits per heavy atom. The molecular formula is C20H21N3O2. The fourth-order valence-electron chi connectivity index (χ4n) is 3.48. The summed E-state index contributed by atoms with van der Waals surface area (Å²) in [5.41, 5.74) is 3.04. The van der Waals surface area contributed by atoms with E-state index in [0.29, 0.717) is 26.3 Å². The van der Waals surface area contributed by atoms with E-state index in [1.165, 1.54) is 0 Å². The van der Waals surface area contributed by atoms with Crippen LogP contribution in [0.5, 0.6) is 0 Å². The first kappa shape index (κ1) is 15.8. The molecule has 4 rings (SSSR count). The standard InChI is InChI=1S/C20H21N3O2/c1-15-21-17-9-5-6-10-18(17)23(15)13-20(24)22-11-12-25-14-19(22)16-7-3-2-4-8-16/h2-10,19H,11-14H2,1H3/t19-/m0/s1. The molecule has 1 amide bonds. The topological polar surface area (TPSA) is 47.4 Å². The van der Waals surface area contributed by atoms with Gasteiger partial charge >= 0.3 is 0 Å². The second kappa shape index (κ2) is 6.69. The van der Waals surface area contributed by atoms with E-state index in [1.807, 2.05) is 58.9 Å². The summed E-state index contributed by atoms with van der Waals surface area (Å²) in [5.74, 6) is 0.961. The molecule has 1 atom stereocenters. The molecule has 5 nitrogen and oxygen atoms in total. The van der Waals surface area contributed by atoms with Crippen LogP contribution in [0.4, 0.5) is 0 Å². The summed E-state index contributed by atoms with van der Waals surface area (Å²) >= 11 is 0. The van der Waals surface area contributed by atoms with Gasteiger partial charge in [0.05, 0.1) is 30.3 Å². The number of hydrogen-bond donors (Lipinski definition) is 0. The molecule has 1 fully saturated rings. The summed E-state index contributed by atoms with van der Waals surface area (Å²) < 4.78 is 7.63. The lowest BCUT2D eigenvalue weighted by molar-refractivity contribution is -0.140. The van der Waals surface area contributed by atoms with E-state index in [4.69, 9.17) is 4.74 Å². The third-order valence-electron chi connectivity index (χ3n) is 4.77. The zero-order valence-electron chi connectivity index (χ0n) is 14.3. The van der Waals surface area contributed by atoms with Crippen LogP contribution in [0.15, 0.2) is 54.6 Å². The first-order valence-electron chi connectivity index (χ1n) is 8.58. The average Bonchev–Trinajstić information content (AvgIpc) is 2.98. The largest absolute Gasteiger partial charge is 0.377 e. The molecule has 5 heteroatoms. The van der Waals surface area contributed by atoms with E-state index < -0.39 is 0 Å². The van der Waals surface area contributed by atoms with Gasteiger partial charge in [-0.3, -0.25) is 4.79 Å². The van der Waals surface area contributed by atoms with Crippen molar-refractivity contribution in [2.75, 3.05) is 19.8 Å². The molecule has 0 unspecified atom stereocenters. The van der Waals surface area contributed by atoms with Crippen LogP contribution in [-0.4, -0.2) is 40.1 Å². The Bertz CT molecular complexity index is 888. The van der Waals surface area contributed by atoms with Gasteiger partial charge in [-0.1, -0.05) is 42.5 Å². The average molecular weight is 335 g/mol. The number of morpholine rings is 1. The van der Waals surface area contributed by atoms with Crippen LogP contribution in [-0.2, 0) is 16.1 Å². The van der Waals surface area contributed by atoms with E-state index in [0.717, 1.165) is 22.4 Å². The van der Waals surface area contributed by atoms with Gasteiger partial charge in [0.2, 0.25) is 5.91 Å². The summed E-state index contributed by atoms with van der Waals surface area (Å²) in [4.78, 5) is 19.6. The van der Waals surface area contributed by atoms with Crippen LogP contribution < -0.4 is 0 Å². The molecule has 1 aliphatic heterocycles. The highest BCUT2D eigenvalue weighted by Gasteiger charge is 2.29. The van der Waals surface area contributed by atoms with Gasteiger partial charge in [-0.05, 0) is 24.6 Å². The molecule has 128 valence electrons. The Morgan fingerprint density at radius 2 is 1.92 bits per heavy atom. The monoisotopic (exact) mass is 335 g/mol. The zero-order chi connectivity index (χ0) is 17.2. The van der Waals surface area contributed by atoms with Crippen LogP contribution >= 0.6 is 0 Å². The maximum atomic E-state index is 13.1. The van der Waals surface area contributed by atoms with E-state index in [2.05, 4.69) is 17.1 Å². The summed E-state index contributed by atoms with van der Waals surface area (Å²) in [5, 5.41) is 0. The number of imidazole rings is 1. The second-order valence-electron chi connectivity index (χ2n) is 6.32. The predicted molar refractivity (Wildman–Crippen MR) is 96.2 cm³/mol. The van der Waals surface area contributed by atoms with Gasteiger partial charge in [-0.25, -0.2) is 4.98 Å². The number of benzene rings is 2. The van der Waals surface area contributed by atoms with Gasteiger partial charge < -0.3 is 14.2 Å². The fraction of sp³-hybridized carbons (Fsp3) is 0.300. The van der Waals surface area contributed by atoms with Crippen molar-refractivity contribution in [2.45, 2.75) is 19.5 Å². The normalized spacial score (nSPS) is 17.8. The lowest BCUT2D eigenvalue weighted by Gasteiger charge is -2.36. The van der Waals surface area contributed by atoms with Crippen LogP contribution in [0.1, 0.15) is 17.4 Å². The van der Waals surface area contributed by atoms with E-state index in [9.17, 15) is 4.79 Å². The van der Waals surface area contributed by atoms with Crippen LogP contribution in [0, 0.1) is 6.92 Å². The van der Waals surface area contributed by atoms with Crippen LogP contribution in [0.3, 0.4) is 0 Å². The summed E-state index contributed by atoms with van der Waals surface area (Å²) in [6.45, 7) is 3.99. The van der Waals surface area contributed by atoms with Crippen LogP contribution in [0.25, 0.3) is 11.0 Å². The maximum absolute atomic E-state index is 13.1. The molecule has 0 aliphatic carbocycles. The minimum atomic E-state index is -0.0301. The molecule has 0 spiro atoms. The molecule has 1 aromatic heterocycles. The summed E-state index contributed by atoms with van der Waals surface area (Å²) in [7, 11) is 0. The van der Waals surface area contributed by atoms with Crippen molar-refractivity contribution in [3.8, 4) is 0 Å². The number of carbonyl (C=O) groups is 1. The highest BCUT2D eigenvalue weighted by Crippen LogP contribution is 2.25. The molecule has 0 N–H and O–H groups in total. The van der Waals surface area contributed by atoms with Crippen molar-refractivity contribution in [1.82, 2.24) is 14.5 Å². The molecule has 3 aromatic rings. The van der Waals surface area contributed by atoms with E-state index >= 15 is 0 Å². The Morgan fingerprint density at radius 3 is 2.76 bits per heavy atom. The SMILES string of the molecule is Cc1nc2ccccc2n1CC(=O)N1CCOC[C@H]1c1ccccc1. The number of aromatic nitrogens is 2. The Labute approximate surface area is 146 Å². The van der Waals surface area contributed by atoms with Gasteiger partial charge in [-0.2, -0.15) is 0 Å². The Balaban J connectivity index is 1.61. The maximum Gasteiger partial charge on any atom is 0.243 e. The van der Waals surface area contributed by atoms with Crippen molar-refractivity contribution in [1.29, 1.82) is 0 Å². The van der Waals surface area contributed by atoms with E-state index in [-0.39, 0.29) is 11.9 Å². The number of amides is 1. The Hall–Kier alpha value is -2.66. The molecule has 0 saturated carbocycles. The minimum Gasteiger partial charge on any atom is -0.377 e. The van der Waals surface area contributed by atoms with E-state index in [1.54, 1.807) is 0 Å². The number of ether oxygens (including phenoxy) is 1. The first-order valence-corrected chi connectivity index (χ1v) is 8.58. The molecule has 2 aromatic carbocycles. The number of rotatable bonds is 3. The highest BCUT2D eigenvalue weighted by molar-refractivity contribution is 5.81. The quantitative estimate of drug-likeness (QED) is 0.739. The predicted octanol–water partition coefficient (Wildman–Crippen LogP) is 2.94. The number of hydrogen-bond acceptors (Lipinski definition) is 3. The van der Waals surface area contributed by atoms with Gasteiger partial charge in [0, 0.05) is 6.54 Å². The van der Waals surface area contributed by atoms with Crippen molar-refractivity contribution in [2.24, 2.45) is 0 Å². The third-order valence-corrected chi connectivity index (χ3v) is 4.77. The smallest absolute Gasteiger partial charge is 0.243 e. The fourth-order valence-corrected chi connectivity index (χ4v) is 3.48. The van der Waals surface area contributed by atoms with Crippen molar-refractivity contribution in [3.05, 3.63) is 66.0 Å². The van der Waals surface area contributed by atoms with Crippen molar-refractivity contribution >= 4 is 16.9 Å². The van der Waals surface area contributed by atoms with Crippen molar-refractivity contribution < 1.29 is 9.53 Å². The molecule has 2 heterocycles. The molecular weight excluding hydrogens is 314 g/mol. The molecule has 0 bridgehead atoms. The van der Waals surface area contributed by atoms with Gasteiger partial charge in [-0.15, -0.1) is 0 Å². The lowest BCUT2D eigenvalue weighted by atomic mass is 10.0. The number of aryl methyl sites for hydroxylation is 1. The second-order valence-corrected chi connectivity index (χ2v) is 6.32. The molecule has 25 heavy (non-hydrogen) atoms. The van der Waals surface area contributed by atoms with Gasteiger partial charge in [0.1, 0.15) is 12.4 Å².